The van der Waals surface area contributed by atoms with E-state index in [0.29, 0.717) is 44.9 Å². The number of aliphatic hydroxyl groups excluding tert-OH is 2. The van der Waals surface area contributed by atoms with Crippen molar-refractivity contribution in [2.24, 2.45) is 35.0 Å². The highest BCUT2D eigenvalue weighted by Gasteiger charge is 2.55. The van der Waals surface area contributed by atoms with Gasteiger partial charge in [-0.15, -0.1) is 0 Å². The number of hydrogen-bond acceptors (Lipinski definition) is 5. The number of aliphatic carboxylic acids is 1. The normalized spacial score (nSPS) is 36.8. The van der Waals surface area contributed by atoms with E-state index in [2.05, 4.69) is 13.5 Å². The molecular weight excluding hydrogens is 444 g/mol. The van der Waals surface area contributed by atoms with Crippen LogP contribution >= 0.6 is 0 Å². The number of carboxylic acids is 1. The second-order valence-corrected chi connectivity index (χ2v) is 12.3. The van der Waals surface area contributed by atoms with Gasteiger partial charge in [0.1, 0.15) is 5.78 Å². The quantitative estimate of drug-likeness (QED) is 0.349. The van der Waals surface area contributed by atoms with Crippen LogP contribution in [0, 0.1) is 35.0 Å². The van der Waals surface area contributed by atoms with Gasteiger partial charge in [0.05, 0.1) is 23.7 Å². The Bertz CT molecular complexity index is 870. The van der Waals surface area contributed by atoms with Crippen molar-refractivity contribution in [3.63, 3.8) is 0 Å². The fourth-order valence-electron chi connectivity index (χ4n) is 7.17. The molecule has 4 N–H and O–H groups in total. The second kappa shape index (κ2) is 10.5. The smallest absolute Gasteiger partial charge is 0.309 e. The van der Waals surface area contributed by atoms with Gasteiger partial charge in [0.15, 0.2) is 0 Å². The SMILES string of the molecule is C=C(C[C@H](O)[C@H](C)C(=O)CC[C@@H]1C2=C(CC[C@]1(C)O)[C@]1(C)CC[C@H](O)[C@H](C(=O)O)[C@@H]1CC2)C(C)C. The fraction of sp³-hybridized carbons (Fsp3) is 0.793. The van der Waals surface area contributed by atoms with E-state index in [1.807, 2.05) is 20.8 Å². The van der Waals surface area contributed by atoms with E-state index in [1.54, 1.807) is 6.92 Å². The summed E-state index contributed by atoms with van der Waals surface area (Å²) in [4.78, 5) is 25.0. The first-order valence-electron chi connectivity index (χ1n) is 13.4. The Morgan fingerprint density at radius 2 is 1.77 bits per heavy atom. The van der Waals surface area contributed by atoms with Crippen LogP contribution in [0.25, 0.3) is 0 Å². The Labute approximate surface area is 210 Å². The molecule has 0 aromatic carbocycles. The molecule has 3 rings (SSSR count). The van der Waals surface area contributed by atoms with E-state index in [4.69, 9.17) is 0 Å². The molecule has 0 aliphatic heterocycles. The van der Waals surface area contributed by atoms with Crippen LogP contribution in [0.1, 0.15) is 92.4 Å². The van der Waals surface area contributed by atoms with Crippen LogP contribution in [0.2, 0.25) is 0 Å². The van der Waals surface area contributed by atoms with Crippen LogP contribution in [0.3, 0.4) is 0 Å². The molecule has 8 atom stereocenters. The second-order valence-electron chi connectivity index (χ2n) is 12.3. The molecular formula is C29H46O6. The van der Waals surface area contributed by atoms with E-state index >= 15 is 0 Å². The number of Topliss-reactive ketones (excluding diaryl/α,β-unsaturated/α-hetero) is 1. The Morgan fingerprint density at radius 3 is 2.37 bits per heavy atom. The van der Waals surface area contributed by atoms with Crippen molar-refractivity contribution in [3.8, 4) is 0 Å². The minimum atomic E-state index is -0.921. The van der Waals surface area contributed by atoms with E-state index in [-0.39, 0.29) is 29.0 Å². The monoisotopic (exact) mass is 490 g/mol. The molecule has 0 heterocycles. The van der Waals surface area contributed by atoms with Gasteiger partial charge in [0.25, 0.3) is 0 Å². The molecule has 0 radical (unpaired) electrons. The van der Waals surface area contributed by atoms with Crippen LogP contribution in [0.15, 0.2) is 23.3 Å². The first-order chi connectivity index (χ1) is 16.2. The number of carbonyl (C=O) groups is 2. The zero-order valence-corrected chi connectivity index (χ0v) is 22.2. The molecule has 3 aliphatic rings. The number of fused-ring (bicyclic) bond motifs is 2. The maximum absolute atomic E-state index is 13.0. The first-order valence-corrected chi connectivity index (χ1v) is 13.4. The highest BCUT2D eigenvalue weighted by Crippen LogP contribution is 2.60. The van der Waals surface area contributed by atoms with Crippen molar-refractivity contribution in [1.82, 2.24) is 0 Å². The molecule has 3 aliphatic carbocycles. The highest BCUT2D eigenvalue weighted by atomic mass is 16.4. The topological polar surface area (TPSA) is 115 Å². The molecule has 0 aromatic rings. The number of hydrogen-bond donors (Lipinski definition) is 4. The summed E-state index contributed by atoms with van der Waals surface area (Å²) in [6.07, 6.45) is 3.58. The van der Waals surface area contributed by atoms with Crippen molar-refractivity contribution < 1.29 is 30.0 Å². The molecule has 0 unspecified atom stereocenters. The lowest BCUT2D eigenvalue weighted by Crippen LogP contribution is -2.52. The third kappa shape index (κ3) is 5.45. The minimum Gasteiger partial charge on any atom is -0.481 e. The standard InChI is InChI=1S/C29H46O6/c1-16(2)17(3)15-25(32)18(4)23(30)10-9-21-19-7-8-22-26(27(33)34)24(31)12-13-28(22,5)20(19)11-14-29(21,6)35/h16,18,21-22,24-26,31-32,35H,3,7-15H2,1-2,4-6H3,(H,33,34)/t18-,21-,22+,24+,25+,26-,28+,29+/m1/s1. The minimum absolute atomic E-state index is 0.00390. The summed E-state index contributed by atoms with van der Waals surface area (Å²) in [6.45, 7) is 13.9. The van der Waals surface area contributed by atoms with Crippen molar-refractivity contribution in [2.75, 3.05) is 0 Å². The first kappa shape index (κ1) is 28.1. The summed E-state index contributed by atoms with van der Waals surface area (Å²) in [5.41, 5.74) is 2.18. The lowest BCUT2D eigenvalue weighted by atomic mass is 9.50. The third-order valence-corrected chi connectivity index (χ3v) is 9.82. The number of aliphatic hydroxyl groups is 3. The zero-order chi connectivity index (χ0) is 26.3. The molecule has 0 saturated heterocycles. The molecule has 1 fully saturated rings. The van der Waals surface area contributed by atoms with Crippen molar-refractivity contribution >= 4 is 11.8 Å². The summed E-state index contributed by atoms with van der Waals surface area (Å²) in [6, 6.07) is 0. The summed E-state index contributed by atoms with van der Waals surface area (Å²) in [5, 5.41) is 42.2. The molecule has 1 saturated carbocycles. The summed E-state index contributed by atoms with van der Waals surface area (Å²) >= 11 is 0. The van der Waals surface area contributed by atoms with E-state index in [0.717, 1.165) is 18.4 Å². The van der Waals surface area contributed by atoms with Crippen LogP contribution in [-0.2, 0) is 9.59 Å². The number of rotatable bonds is 9. The number of carboxylic acid groups (broad SMARTS) is 1. The molecule has 0 spiro atoms. The van der Waals surface area contributed by atoms with Gasteiger partial charge in [0, 0.05) is 18.3 Å². The maximum atomic E-state index is 13.0. The molecule has 0 amide bonds. The van der Waals surface area contributed by atoms with E-state index in [9.17, 15) is 30.0 Å². The van der Waals surface area contributed by atoms with Gasteiger partial charge < -0.3 is 20.4 Å². The average molecular weight is 491 g/mol. The van der Waals surface area contributed by atoms with E-state index in [1.165, 1.54) is 11.1 Å². The Balaban J connectivity index is 1.79. The van der Waals surface area contributed by atoms with Gasteiger partial charge in [-0.25, -0.2) is 0 Å². The lowest BCUT2D eigenvalue weighted by molar-refractivity contribution is -0.156. The number of carbonyl (C=O) groups excluding carboxylic acids is 1. The number of allylic oxidation sites excluding steroid dienone is 1. The lowest BCUT2D eigenvalue weighted by Gasteiger charge is -2.55. The third-order valence-electron chi connectivity index (χ3n) is 9.82. The summed E-state index contributed by atoms with van der Waals surface area (Å²) < 4.78 is 0. The zero-order valence-electron chi connectivity index (χ0n) is 22.2. The molecule has 6 nitrogen and oxygen atoms in total. The molecule has 0 bridgehead atoms. The predicted octanol–water partition coefficient (Wildman–Crippen LogP) is 4.66. The van der Waals surface area contributed by atoms with Gasteiger partial charge in [-0.1, -0.05) is 51.0 Å². The Hall–Kier alpha value is -1.50. The van der Waals surface area contributed by atoms with Gasteiger partial charge in [-0.3, -0.25) is 9.59 Å². The van der Waals surface area contributed by atoms with Gasteiger partial charge in [0.2, 0.25) is 0 Å². The van der Waals surface area contributed by atoms with Crippen LogP contribution in [-0.4, -0.2) is 50.0 Å². The largest absolute Gasteiger partial charge is 0.481 e. The maximum Gasteiger partial charge on any atom is 0.309 e. The van der Waals surface area contributed by atoms with E-state index < -0.39 is 35.6 Å². The van der Waals surface area contributed by atoms with Crippen LogP contribution in [0.5, 0.6) is 0 Å². The van der Waals surface area contributed by atoms with Crippen molar-refractivity contribution in [3.05, 3.63) is 23.3 Å². The summed E-state index contributed by atoms with van der Waals surface area (Å²) in [5.74, 6) is -2.17. The van der Waals surface area contributed by atoms with Gasteiger partial charge in [-0.05, 0) is 75.5 Å². The average Bonchev–Trinajstić information content (AvgIpc) is 2.76. The van der Waals surface area contributed by atoms with Crippen LogP contribution in [0.4, 0.5) is 0 Å². The molecule has 198 valence electrons. The highest BCUT2D eigenvalue weighted by molar-refractivity contribution is 5.81. The molecule has 35 heavy (non-hydrogen) atoms. The van der Waals surface area contributed by atoms with Crippen molar-refractivity contribution in [2.45, 2.75) is 110 Å². The van der Waals surface area contributed by atoms with Gasteiger partial charge >= 0.3 is 5.97 Å². The Kier molecular flexibility index (Phi) is 8.40. The van der Waals surface area contributed by atoms with Crippen molar-refractivity contribution in [1.29, 1.82) is 0 Å². The predicted molar refractivity (Wildman–Crippen MR) is 136 cm³/mol. The summed E-state index contributed by atoms with van der Waals surface area (Å²) in [7, 11) is 0. The Morgan fingerprint density at radius 1 is 1.11 bits per heavy atom. The molecule has 0 aromatic heterocycles. The molecule has 6 heteroatoms. The number of ketones is 1. The van der Waals surface area contributed by atoms with Gasteiger partial charge in [-0.2, -0.15) is 0 Å². The fourth-order valence-corrected chi connectivity index (χ4v) is 7.17. The van der Waals surface area contributed by atoms with Crippen LogP contribution < -0.4 is 0 Å².